The standard InChI is InChI=1S/C12H14N4O3/c1-19-6-5-15-9-11(8-13-15)14-10-3-2-4-12(7-10)16(17)18/h2-4,7-9,14H,5-6H2,1H3. The third-order valence-electron chi connectivity index (χ3n) is 2.50. The molecule has 100 valence electrons. The van der Waals surface area contributed by atoms with E-state index in [-0.39, 0.29) is 5.69 Å². The molecular weight excluding hydrogens is 248 g/mol. The van der Waals surface area contributed by atoms with E-state index in [1.54, 1.807) is 30.1 Å². The van der Waals surface area contributed by atoms with Gasteiger partial charge in [0.15, 0.2) is 0 Å². The number of anilines is 2. The number of benzene rings is 1. The molecule has 2 rings (SSSR count). The SMILES string of the molecule is COCCn1cc(Nc2cccc([N+](=O)[O-])c2)cn1. The summed E-state index contributed by atoms with van der Waals surface area (Å²) in [6, 6.07) is 6.33. The van der Waals surface area contributed by atoms with E-state index < -0.39 is 4.92 Å². The Hall–Kier alpha value is -2.41. The predicted octanol–water partition coefficient (Wildman–Crippen LogP) is 2.18. The van der Waals surface area contributed by atoms with E-state index in [1.165, 1.54) is 12.1 Å². The van der Waals surface area contributed by atoms with Crippen molar-refractivity contribution >= 4 is 17.1 Å². The molecule has 7 heteroatoms. The molecule has 0 spiro atoms. The van der Waals surface area contributed by atoms with E-state index >= 15 is 0 Å². The Bertz CT molecular complexity index is 568. The van der Waals surface area contributed by atoms with E-state index in [2.05, 4.69) is 10.4 Å². The topological polar surface area (TPSA) is 82.2 Å². The summed E-state index contributed by atoms with van der Waals surface area (Å²) in [5, 5.41) is 17.9. The Labute approximate surface area is 110 Å². The lowest BCUT2D eigenvalue weighted by Crippen LogP contribution is -2.03. The summed E-state index contributed by atoms with van der Waals surface area (Å²) >= 11 is 0. The molecule has 1 heterocycles. The Morgan fingerprint density at radius 3 is 3.05 bits per heavy atom. The first-order valence-electron chi connectivity index (χ1n) is 5.72. The summed E-state index contributed by atoms with van der Waals surface area (Å²) in [6.45, 7) is 1.24. The van der Waals surface area contributed by atoms with Crippen LogP contribution in [0.1, 0.15) is 0 Å². The van der Waals surface area contributed by atoms with Gasteiger partial charge in [0.05, 0.1) is 30.0 Å². The second-order valence-electron chi connectivity index (χ2n) is 3.92. The fourth-order valence-corrected chi connectivity index (χ4v) is 1.60. The lowest BCUT2D eigenvalue weighted by Gasteiger charge is -2.03. The van der Waals surface area contributed by atoms with Crippen LogP contribution in [-0.2, 0) is 11.3 Å². The number of hydrogen-bond acceptors (Lipinski definition) is 5. The van der Waals surface area contributed by atoms with Crippen molar-refractivity contribution < 1.29 is 9.66 Å². The number of nitro benzene ring substituents is 1. The Kier molecular flexibility index (Phi) is 4.09. The van der Waals surface area contributed by atoms with Crippen LogP contribution in [0.5, 0.6) is 0 Å². The zero-order chi connectivity index (χ0) is 13.7. The van der Waals surface area contributed by atoms with Crippen LogP contribution in [0, 0.1) is 10.1 Å². The molecule has 0 unspecified atom stereocenters. The van der Waals surface area contributed by atoms with E-state index in [0.717, 1.165) is 5.69 Å². The normalized spacial score (nSPS) is 10.4. The second kappa shape index (κ2) is 5.96. The van der Waals surface area contributed by atoms with Gasteiger partial charge in [-0.15, -0.1) is 0 Å². The summed E-state index contributed by atoms with van der Waals surface area (Å²) < 4.78 is 6.70. The molecule has 0 aliphatic heterocycles. The average Bonchev–Trinajstić information content (AvgIpc) is 2.84. The third-order valence-corrected chi connectivity index (χ3v) is 2.50. The van der Waals surface area contributed by atoms with Crippen molar-refractivity contribution in [3.05, 3.63) is 46.8 Å². The van der Waals surface area contributed by atoms with Crippen molar-refractivity contribution in [2.75, 3.05) is 19.0 Å². The zero-order valence-corrected chi connectivity index (χ0v) is 10.4. The quantitative estimate of drug-likeness (QED) is 0.637. The maximum absolute atomic E-state index is 10.7. The molecule has 0 radical (unpaired) electrons. The highest BCUT2D eigenvalue weighted by atomic mass is 16.6. The molecule has 0 amide bonds. The minimum atomic E-state index is -0.423. The number of hydrogen-bond donors (Lipinski definition) is 1. The number of non-ortho nitro benzene ring substituents is 1. The van der Waals surface area contributed by atoms with Crippen LogP contribution in [0.2, 0.25) is 0 Å². The summed E-state index contributed by atoms with van der Waals surface area (Å²) in [5.41, 5.74) is 1.48. The van der Waals surface area contributed by atoms with Gasteiger partial charge in [-0.1, -0.05) is 6.07 Å². The van der Waals surface area contributed by atoms with E-state index in [4.69, 9.17) is 4.74 Å². The first-order chi connectivity index (χ1) is 9.19. The van der Waals surface area contributed by atoms with Gasteiger partial charge in [-0.3, -0.25) is 14.8 Å². The smallest absolute Gasteiger partial charge is 0.271 e. The van der Waals surface area contributed by atoms with Gasteiger partial charge >= 0.3 is 0 Å². The van der Waals surface area contributed by atoms with Gasteiger partial charge in [0.1, 0.15) is 0 Å². The fourth-order valence-electron chi connectivity index (χ4n) is 1.60. The molecule has 0 bridgehead atoms. The van der Waals surface area contributed by atoms with Crippen molar-refractivity contribution in [3.8, 4) is 0 Å². The lowest BCUT2D eigenvalue weighted by molar-refractivity contribution is -0.384. The molecule has 19 heavy (non-hydrogen) atoms. The highest BCUT2D eigenvalue weighted by Gasteiger charge is 2.06. The summed E-state index contributed by atoms with van der Waals surface area (Å²) in [5.74, 6) is 0. The van der Waals surface area contributed by atoms with Gasteiger partial charge in [-0.2, -0.15) is 5.10 Å². The van der Waals surface area contributed by atoms with Crippen molar-refractivity contribution in [2.45, 2.75) is 6.54 Å². The molecule has 0 aliphatic carbocycles. The molecule has 0 saturated carbocycles. The average molecular weight is 262 g/mol. The van der Waals surface area contributed by atoms with Crippen LogP contribution >= 0.6 is 0 Å². The highest BCUT2D eigenvalue weighted by Crippen LogP contribution is 2.20. The number of ether oxygens (including phenoxy) is 1. The zero-order valence-electron chi connectivity index (χ0n) is 10.4. The van der Waals surface area contributed by atoms with Gasteiger partial charge in [0.2, 0.25) is 0 Å². The number of methoxy groups -OCH3 is 1. The lowest BCUT2D eigenvalue weighted by atomic mass is 10.3. The fraction of sp³-hybridized carbons (Fsp3) is 0.250. The number of nitrogens with zero attached hydrogens (tertiary/aromatic N) is 3. The number of nitro groups is 1. The number of rotatable bonds is 6. The second-order valence-corrected chi connectivity index (χ2v) is 3.92. The van der Waals surface area contributed by atoms with E-state index in [0.29, 0.717) is 18.8 Å². The van der Waals surface area contributed by atoms with Crippen LogP contribution in [-0.4, -0.2) is 28.4 Å². The number of nitrogens with one attached hydrogen (secondary N) is 1. The van der Waals surface area contributed by atoms with Crippen LogP contribution in [0.15, 0.2) is 36.7 Å². The van der Waals surface area contributed by atoms with Crippen molar-refractivity contribution in [3.63, 3.8) is 0 Å². The molecule has 7 nitrogen and oxygen atoms in total. The summed E-state index contributed by atoms with van der Waals surface area (Å²) in [6.07, 6.45) is 3.48. The molecule has 0 saturated heterocycles. The molecule has 0 fully saturated rings. The Morgan fingerprint density at radius 2 is 2.32 bits per heavy atom. The first kappa shape index (κ1) is 13.0. The third kappa shape index (κ3) is 3.52. The van der Waals surface area contributed by atoms with E-state index in [1.807, 2.05) is 6.20 Å². The van der Waals surface area contributed by atoms with Crippen molar-refractivity contribution in [2.24, 2.45) is 0 Å². The first-order valence-corrected chi connectivity index (χ1v) is 5.72. The van der Waals surface area contributed by atoms with Gasteiger partial charge in [-0.25, -0.2) is 0 Å². The van der Waals surface area contributed by atoms with Crippen LogP contribution < -0.4 is 5.32 Å². The number of aromatic nitrogens is 2. The molecule has 1 aromatic carbocycles. The Morgan fingerprint density at radius 1 is 1.47 bits per heavy atom. The monoisotopic (exact) mass is 262 g/mol. The molecule has 0 atom stereocenters. The van der Waals surface area contributed by atoms with Crippen LogP contribution in [0.3, 0.4) is 0 Å². The highest BCUT2D eigenvalue weighted by molar-refractivity contribution is 5.60. The largest absolute Gasteiger partial charge is 0.383 e. The molecule has 0 aliphatic rings. The van der Waals surface area contributed by atoms with Crippen LogP contribution in [0.25, 0.3) is 0 Å². The summed E-state index contributed by atoms with van der Waals surface area (Å²) in [4.78, 5) is 10.3. The van der Waals surface area contributed by atoms with Crippen molar-refractivity contribution in [1.29, 1.82) is 0 Å². The van der Waals surface area contributed by atoms with Gasteiger partial charge in [0, 0.05) is 31.1 Å². The molecule has 1 aromatic heterocycles. The maximum atomic E-state index is 10.7. The Balaban J connectivity index is 2.06. The summed E-state index contributed by atoms with van der Waals surface area (Å²) in [7, 11) is 1.63. The minimum Gasteiger partial charge on any atom is -0.383 e. The van der Waals surface area contributed by atoms with E-state index in [9.17, 15) is 10.1 Å². The van der Waals surface area contributed by atoms with Gasteiger partial charge in [-0.05, 0) is 6.07 Å². The molecular formula is C12H14N4O3. The molecule has 1 N–H and O–H groups in total. The molecule has 2 aromatic rings. The van der Waals surface area contributed by atoms with Gasteiger partial charge < -0.3 is 10.1 Å². The predicted molar refractivity (Wildman–Crippen MR) is 70.5 cm³/mol. The maximum Gasteiger partial charge on any atom is 0.271 e. The van der Waals surface area contributed by atoms with Crippen molar-refractivity contribution in [1.82, 2.24) is 9.78 Å². The minimum absolute atomic E-state index is 0.0526. The van der Waals surface area contributed by atoms with Gasteiger partial charge in [0.25, 0.3) is 5.69 Å². The van der Waals surface area contributed by atoms with Crippen LogP contribution in [0.4, 0.5) is 17.1 Å².